The van der Waals surface area contributed by atoms with E-state index in [1.54, 1.807) is 6.07 Å². The van der Waals surface area contributed by atoms with Gasteiger partial charge in [0.05, 0.1) is 6.61 Å². The maximum Gasteiger partial charge on any atom is 0.127 e. The number of aryl methyl sites for hydroxylation is 1. The molecule has 0 spiro atoms. The molecule has 1 heterocycles. The number of para-hydroxylation sites is 1. The van der Waals surface area contributed by atoms with E-state index < -0.39 is 0 Å². The van der Waals surface area contributed by atoms with Gasteiger partial charge in [-0.1, -0.05) is 35.9 Å². The summed E-state index contributed by atoms with van der Waals surface area (Å²) in [6, 6.07) is 10.3. The molecule has 2 N–H and O–H groups in total. The van der Waals surface area contributed by atoms with Crippen molar-refractivity contribution in [2.75, 3.05) is 6.61 Å². The van der Waals surface area contributed by atoms with E-state index >= 15 is 0 Å². The highest BCUT2D eigenvalue weighted by molar-refractivity contribution is 6.31. The van der Waals surface area contributed by atoms with Crippen LogP contribution in [0.5, 0.6) is 5.75 Å². The molecule has 1 unspecified atom stereocenters. The fourth-order valence-electron chi connectivity index (χ4n) is 2.74. The minimum atomic E-state index is -0.335. The predicted octanol–water partition coefficient (Wildman–Crippen LogP) is 4.05. The minimum absolute atomic E-state index is 0.221. The molecule has 0 fully saturated rings. The molecule has 2 aromatic carbocycles. The van der Waals surface area contributed by atoms with E-state index in [1.165, 1.54) is 17.7 Å². The summed E-state index contributed by atoms with van der Waals surface area (Å²) >= 11 is 6.08. The molecule has 21 heavy (non-hydrogen) atoms. The normalized spacial score (nSPS) is 15.2. The Labute approximate surface area is 128 Å². The topological polar surface area (TPSA) is 35.2 Å². The zero-order chi connectivity index (χ0) is 14.8. The third-order valence-corrected chi connectivity index (χ3v) is 4.17. The van der Waals surface area contributed by atoms with E-state index in [9.17, 15) is 4.39 Å². The maximum atomic E-state index is 13.1. The molecule has 1 aliphatic rings. The summed E-state index contributed by atoms with van der Waals surface area (Å²) < 4.78 is 18.9. The smallest absolute Gasteiger partial charge is 0.127 e. The molecule has 0 aromatic heterocycles. The van der Waals surface area contributed by atoms with Crippen LogP contribution in [0.1, 0.15) is 29.2 Å². The second-order valence-electron chi connectivity index (χ2n) is 5.33. The summed E-state index contributed by atoms with van der Waals surface area (Å²) in [5.74, 6) is 0.576. The van der Waals surface area contributed by atoms with Crippen LogP contribution in [0.25, 0.3) is 0 Å². The van der Waals surface area contributed by atoms with Gasteiger partial charge in [0.15, 0.2) is 0 Å². The highest BCUT2D eigenvalue weighted by Crippen LogP contribution is 2.34. The SMILES string of the molecule is NC(Cc1ccc(F)cc1Cl)c1cccc2c1OCCC2. The summed E-state index contributed by atoms with van der Waals surface area (Å²) in [5, 5.41) is 0.413. The lowest BCUT2D eigenvalue weighted by atomic mass is 9.94. The van der Waals surface area contributed by atoms with E-state index in [0.717, 1.165) is 36.3 Å². The molecule has 4 heteroatoms. The van der Waals surface area contributed by atoms with Crippen molar-refractivity contribution in [1.82, 2.24) is 0 Å². The molecule has 1 aliphatic heterocycles. The number of hydrogen-bond donors (Lipinski definition) is 1. The Morgan fingerprint density at radius 1 is 1.29 bits per heavy atom. The molecular formula is C17H17ClFNO. The maximum absolute atomic E-state index is 13.1. The second-order valence-corrected chi connectivity index (χ2v) is 5.74. The van der Waals surface area contributed by atoms with Crippen LogP contribution < -0.4 is 10.5 Å². The molecule has 0 saturated carbocycles. The predicted molar refractivity (Wildman–Crippen MR) is 82.3 cm³/mol. The monoisotopic (exact) mass is 305 g/mol. The summed E-state index contributed by atoms with van der Waals surface area (Å²) in [4.78, 5) is 0. The average molecular weight is 306 g/mol. The van der Waals surface area contributed by atoms with Crippen molar-refractivity contribution in [2.24, 2.45) is 5.73 Å². The standard InChI is InChI=1S/C17H17ClFNO/c18-15-10-13(19)7-6-12(15)9-16(20)14-5-1-3-11-4-2-8-21-17(11)14/h1,3,5-7,10,16H,2,4,8-9,20H2. The van der Waals surface area contributed by atoms with Crippen molar-refractivity contribution in [3.8, 4) is 5.75 Å². The van der Waals surface area contributed by atoms with Gasteiger partial charge in [0.25, 0.3) is 0 Å². The Bertz CT molecular complexity index is 659. The Morgan fingerprint density at radius 3 is 2.95 bits per heavy atom. The van der Waals surface area contributed by atoms with Crippen molar-refractivity contribution in [1.29, 1.82) is 0 Å². The van der Waals surface area contributed by atoms with Crippen LogP contribution in [-0.4, -0.2) is 6.61 Å². The van der Waals surface area contributed by atoms with Gasteiger partial charge in [-0.15, -0.1) is 0 Å². The molecule has 0 radical (unpaired) electrons. The molecule has 0 amide bonds. The first-order chi connectivity index (χ1) is 10.1. The first-order valence-corrected chi connectivity index (χ1v) is 7.47. The lowest BCUT2D eigenvalue weighted by Gasteiger charge is -2.23. The van der Waals surface area contributed by atoms with Gasteiger partial charge in [0, 0.05) is 16.6 Å². The van der Waals surface area contributed by atoms with Crippen molar-refractivity contribution in [3.05, 3.63) is 63.9 Å². The highest BCUT2D eigenvalue weighted by atomic mass is 35.5. The summed E-state index contributed by atoms with van der Waals surface area (Å²) in [7, 11) is 0. The lowest BCUT2D eigenvalue weighted by Crippen LogP contribution is -2.18. The van der Waals surface area contributed by atoms with Gasteiger partial charge in [0.1, 0.15) is 11.6 Å². The van der Waals surface area contributed by atoms with E-state index in [2.05, 4.69) is 6.07 Å². The molecule has 0 bridgehead atoms. The van der Waals surface area contributed by atoms with Gasteiger partial charge in [-0.3, -0.25) is 0 Å². The van der Waals surface area contributed by atoms with Crippen LogP contribution in [0.15, 0.2) is 36.4 Å². The van der Waals surface area contributed by atoms with E-state index in [0.29, 0.717) is 11.4 Å². The Morgan fingerprint density at radius 2 is 2.14 bits per heavy atom. The lowest BCUT2D eigenvalue weighted by molar-refractivity contribution is 0.283. The van der Waals surface area contributed by atoms with Crippen LogP contribution >= 0.6 is 11.6 Å². The zero-order valence-electron chi connectivity index (χ0n) is 11.6. The van der Waals surface area contributed by atoms with Gasteiger partial charge >= 0.3 is 0 Å². The van der Waals surface area contributed by atoms with Gasteiger partial charge in [-0.25, -0.2) is 4.39 Å². The van der Waals surface area contributed by atoms with Crippen LogP contribution in [-0.2, 0) is 12.8 Å². The second kappa shape index (κ2) is 6.04. The van der Waals surface area contributed by atoms with Crippen molar-refractivity contribution >= 4 is 11.6 Å². The van der Waals surface area contributed by atoms with Gasteiger partial charge in [-0.05, 0) is 42.5 Å². The van der Waals surface area contributed by atoms with Gasteiger partial charge in [0.2, 0.25) is 0 Å². The third-order valence-electron chi connectivity index (χ3n) is 3.82. The summed E-state index contributed by atoms with van der Waals surface area (Å²) in [6.07, 6.45) is 2.61. The molecule has 2 nitrogen and oxygen atoms in total. The number of nitrogens with two attached hydrogens (primary N) is 1. The van der Waals surface area contributed by atoms with Crippen LogP contribution in [0.4, 0.5) is 4.39 Å². The molecule has 0 aliphatic carbocycles. The van der Waals surface area contributed by atoms with Gasteiger partial charge < -0.3 is 10.5 Å². The van der Waals surface area contributed by atoms with Crippen LogP contribution in [0.2, 0.25) is 5.02 Å². The average Bonchev–Trinajstić information content (AvgIpc) is 2.49. The number of rotatable bonds is 3. The molecule has 110 valence electrons. The fraction of sp³-hybridized carbons (Fsp3) is 0.294. The highest BCUT2D eigenvalue weighted by Gasteiger charge is 2.19. The first-order valence-electron chi connectivity index (χ1n) is 7.09. The van der Waals surface area contributed by atoms with Crippen molar-refractivity contribution in [2.45, 2.75) is 25.3 Å². The Hall–Kier alpha value is -1.58. The van der Waals surface area contributed by atoms with Crippen LogP contribution in [0, 0.1) is 5.82 Å². The number of hydrogen-bond acceptors (Lipinski definition) is 2. The van der Waals surface area contributed by atoms with Crippen molar-refractivity contribution < 1.29 is 9.13 Å². The number of benzene rings is 2. The largest absolute Gasteiger partial charge is 0.493 e. The minimum Gasteiger partial charge on any atom is -0.493 e. The third kappa shape index (κ3) is 3.04. The Kier molecular flexibility index (Phi) is 4.13. The quantitative estimate of drug-likeness (QED) is 0.928. The molecule has 3 rings (SSSR count). The Balaban J connectivity index is 1.87. The van der Waals surface area contributed by atoms with Crippen LogP contribution in [0.3, 0.4) is 0 Å². The molecular weight excluding hydrogens is 289 g/mol. The van der Waals surface area contributed by atoms with E-state index in [-0.39, 0.29) is 11.9 Å². The van der Waals surface area contributed by atoms with E-state index in [4.69, 9.17) is 22.1 Å². The fourth-order valence-corrected chi connectivity index (χ4v) is 2.98. The zero-order valence-corrected chi connectivity index (χ0v) is 12.4. The van der Waals surface area contributed by atoms with Crippen molar-refractivity contribution in [3.63, 3.8) is 0 Å². The molecule has 0 saturated heterocycles. The van der Waals surface area contributed by atoms with Gasteiger partial charge in [-0.2, -0.15) is 0 Å². The van der Waals surface area contributed by atoms with E-state index in [1.807, 2.05) is 12.1 Å². The summed E-state index contributed by atoms with van der Waals surface area (Å²) in [5.41, 5.74) is 9.37. The number of ether oxygens (including phenoxy) is 1. The molecule has 2 aromatic rings. The summed E-state index contributed by atoms with van der Waals surface area (Å²) in [6.45, 7) is 0.730. The number of halogens is 2. The molecule has 1 atom stereocenters. The first kappa shape index (κ1) is 14.4. The number of fused-ring (bicyclic) bond motifs is 1.